The highest BCUT2D eigenvalue weighted by molar-refractivity contribution is 6.13. The maximum absolute atomic E-state index is 12.1. The van der Waals surface area contributed by atoms with E-state index in [0.29, 0.717) is 24.3 Å². The van der Waals surface area contributed by atoms with Gasteiger partial charge in [-0.25, -0.2) is 14.8 Å². The average Bonchev–Trinajstić information content (AvgIpc) is 3.18. The van der Waals surface area contributed by atoms with E-state index in [9.17, 15) is 9.59 Å². The van der Waals surface area contributed by atoms with E-state index in [1.165, 1.54) is 5.01 Å². The maximum Gasteiger partial charge on any atom is 0.338 e. The Morgan fingerprint density at radius 1 is 1.35 bits per heavy atom. The molecule has 1 aliphatic rings. The summed E-state index contributed by atoms with van der Waals surface area (Å²) in [6.45, 7) is 2.08. The molecule has 1 aromatic heterocycles. The molecule has 2 aromatic rings. The molecule has 1 aliphatic heterocycles. The van der Waals surface area contributed by atoms with Crippen molar-refractivity contribution in [2.75, 3.05) is 11.6 Å². The fourth-order valence-electron chi connectivity index (χ4n) is 2.32. The summed E-state index contributed by atoms with van der Waals surface area (Å²) in [5.74, 6) is 0.292. The summed E-state index contributed by atoms with van der Waals surface area (Å²) in [4.78, 5) is 30.9. The van der Waals surface area contributed by atoms with E-state index < -0.39 is 0 Å². The van der Waals surface area contributed by atoms with Crippen molar-refractivity contribution in [2.45, 2.75) is 19.8 Å². The normalized spacial score (nSPS) is 14.0. The molecule has 0 radical (unpaired) electrons. The average molecular weight is 312 g/mol. The second kappa shape index (κ2) is 6.43. The van der Waals surface area contributed by atoms with Crippen LogP contribution in [0.5, 0.6) is 0 Å². The topological polar surface area (TPSA) is 87.7 Å². The first-order chi connectivity index (χ1) is 11.2. The van der Waals surface area contributed by atoms with Gasteiger partial charge in [-0.3, -0.25) is 4.79 Å². The Hall–Kier alpha value is -2.96. The number of anilines is 1. The van der Waals surface area contributed by atoms with Crippen molar-refractivity contribution in [1.29, 1.82) is 0 Å². The molecule has 3 rings (SSSR count). The number of nitrogens with one attached hydrogen (secondary N) is 1. The van der Waals surface area contributed by atoms with Gasteiger partial charge in [0.15, 0.2) is 0 Å². The van der Waals surface area contributed by atoms with Gasteiger partial charge < -0.3 is 9.72 Å². The fraction of sp³-hybridized carbons (Fsp3) is 0.250. The molecule has 0 aliphatic carbocycles. The van der Waals surface area contributed by atoms with Crippen molar-refractivity contribution in [1.82, 2.24) is 9.97 Å². The lowest BCUT2D eigenvalue weighted by atomic mass is 10.2. The van der Waals surface area contributed by atoms with Crippen LogP contribution in [-0.4, -0.2) is 34.2 Å². The van der Waals surface area contributed by atoms with E-state index in [-0.39, 0.29) is 18.3 Å². The number of imidazole rings is 1. The molecule has 0 saturated heterocycles. The molecule has 0 fully saturated rings. The van der Waals surface area contributed by atoms with Crippen molar-refractivity contribution in [3.63, 3.8) is 0 Å². The first kappa shape index (κ1) is 15.0. The van der Waals surface area contributed by atoms with Gasteiger partial charge in [-0.05, 0) is 31.2 Å². The molecule has 0 saturated carbocycles. The van der Waals surface area contributed by atoms with Crippen LogP contribution in [-0.2, 0) is 16.0 Å². The van der Waals surface area contributed by atoms with E-state index in [0.717, 1.165) is 11.5 Å². The lowest BCUT2D eigenvalue weighted by Crippen LogP contribution is -2.19. The quantitative estimate of drug-likeness (QED) is 0.854. The zero-order chi connectivity index (χ0) is 16.2. The number of hydrogen-bond donors (Lipinski definition) is 1. The number of aromatic amines is 1. The van der Waals surface area contributed by atoms with Gasteiger partial charge in [-0.15, -0.1) is 0 Å². The summed E-state index contributed by atoms with van der Waals surface area (Å²) in [5.41, 5.74) is 1.82. The van der Waals surface area contributed by atoms with E-state index in [2.05, 4.69) is 15.1 Å². The van der Waals surface area contributed by atoms with Gasteiger partial charge in [-0.2, -0.15) is 5.10 Å². The number of benzene rings is 1. The van der Waals surface area contributed by atoms with Gasteiger partial charge in [0, 0.05) is 18.8 Å². The third-order valence-corrected chi connectivity index (χ3v) is 3.38. The number of carbonyl (C=O) groups excluding carboxylic acids is 2. The summed E-state index contributed by atoms with van der Waals surface area (Å²) in [7, 11) is 0. The van der Waals surface area contributed by atoms with Crippen molar-refractivity contribution in [3.05, 3.63) is 48.0 Å². The number of ether oxygens (including phenoxy) is 1. The van der Waals surface area contributed by atoms with Gasteiger partial charge in [-0.1, -0.05) is 0 Å². The SMILES string of the molecule is CCOC(=O)c1ccc(N2N=C(Cc3ncc[nH]3)CC2=O)cc1. The smallest absolute Gasteiger partial charge is 0.338 e. The number of carbonyl (C=O) groups is 2. The maximum atomic E-state index is 12.1. The second-order valence-corrected chi connectivity index (χ2v) is 5.03. The Morgan fingerprint density at radius 2 is 2.13 bits per heavy atom. The molecule has 0 bridgehead atoms. The highest BCUT2D eigenvalue weighted by Gasteiger charge is 2.25. The molecule has 1 N–H and O–H groups in total. The van der Waals surface area contributed by atoms with Gasteiger partial charge in [0.1, 0.15) is 5.82 Å². The molecule has 7 heteroatoms. The van der Waals surface area contributed by atoms with Crippen LogP contribution in [0.1, 0.15) is 29.5 Å². The Morgan fingerprint density at radius 3 is 2.78 bits per heavy atom. The highest BCUT2D eigenvalue weighted by Crippen LogP contribution is 2.22. The number of esters is 1. The third-order valence-electron chi connectivity index (χ3n) is 3.38. The van der Waals surface area contributed by atoms with Crippen molar-refractivity contribution in [2.24, 2.45) is 5.10 Å². The molecule has 1 aromatic carbocycles. The monoisotopic (exact) mass is 312 g/mol. The molecular weight excluding hydrogens is 296 g/mol. The zero-order valence-corrected chi connectivity index (χ0v) is 12.7. The van der Waals surface area contributed by atoms with Crippen LogP contribution in [0, 0.1) is 0 Å². The minimum Gasteiger partial charge on any atom is -0.462 e. The molecule has 7 nitrogen and oxygen atoms in total. The number of nitrogens with zero attached hydrogens (tertiary/aromatic N) is 3. The first-order valence-corrected chi connectivity index (χ1v) is 7.32. The summed E-state index contributed by atoms with van der Waals surface area (Å²) in [5, 5.41) is 5.70. The van der Waals surface area contributed by atoms with Gasteiger partial charge in [0.2, 0.25) is 0 Å². The standard InChI is InChI=1S/C16H16N4O3/c1-2-23-16(22)11-3-5-13(6-4-11)20-15(21)10-12(19-20)9-14-17-7-8-18-14/h3-8H,2,9-10H2,1H3,(H,17,18). The van der Waals surface area contributed by atoms with E-state index in [1.54, 1.807) is 43.6 Å². The largest absolute Gasteiger partial charge is 0.462 e. The van der Waals surface area contributed by atoms with Gasteiger partial charge >= 0.3 is 5.97 Å². The number of amides is 1. The van der Waals surface area contributed by atoms with Crippen LogP contribution in [0.15, 0.2) is 41.8 Å². The highest BCUT2D eigenvalue weighted by atomic mass is 16.5. The van der Waals surface area contributed by atoms with Crippen LogP contribution in [0.3, 0.4) is 0 Å². The Bertz CT molecular complexity index is 735. The molecule has 0 spiro atoms. The van der Waals surface area contributed by atoms with E-state index in [1.807, 2.05) is 0 Å². The van der Waals surface area contributed by atoms with Crippen LogP contribution < -0.4 is 5.01 Å². The second-order valence-electron chi connectivity index (χ2n) is 5.03. The molecule has 0 unspecified atom stereocenters. The summed E-state index contributed by atoms with van der Waals surface area (Å²) in [6, 6.07) is 6.62. The first-order valence-electron chi connectivity index (χ1n) is 7.32. The van der Waals surface area contributed by atoms with E-state index in [4.69, 9.17) is 4.74 Å². The predicted molar refractivity (Wildman–Crippen MR) is 84.2 cm³/mol. The Balaban J connectivity index is 1.74. The number of H-pyrrole nitrogens is 1. The molecule has 0 atom stereocenters. The Labute approximate surface area is 133 Å². The van der Waals surface area contributed by atoms with Gasteiger partial charge in [0.25, 0.3) is 5.91 Å². The van der Waals surface area contributed by atoms with Gasteiger partial charge in [0.05, 0.1) is 30.0 Å². The lowest BCUT2D eigenvalue weighted by molar-refractivity contribution is -0.116. The minimum atomic E-state index is -0.381. The Kier molecular flexibility index (Phi) is 4.18. The molecule has 2 heterocycles. The zero-order valence-electron chi connectivity index (χ0n) is 12.7. The number of aromatic nitrogens is 2. The summed E-state index contributed by atoms with van der Waals surface area (Å²) >= 11 is 0. The van der Waals surface area contributed by atoms with Crippen LogP contribution in [0.2, 0.25) is 0 Å². The van der Waals surface area contributed by atoms with Crippen molar-refractivity contribution >= 4 is 23.3 Å². The van der Waals surface area contributed by atoms with Crippen LogP contribution in [0.25, 0.3) is 0 Å². The lowest BCUT2D eigenvalue weighted by Gasteiger charge is -2.11. The number of rotatable bonds is 5. The molecule has 1 amide bonds. The number of hydrazone groups is 1. The van der Waals surface area contributed by atoms with Crippen molar-refractivity contribution in [3.8, 4) is 0 Å². The molecule has 23 heavy (non-hydrogen) atoms. The predicted octanol–water partition coefficient (Wildman–Crippen LogP) is 1.92. The molecular formula is C16H16N4O3. The number of hydrogen-bond acceptors (Lipinski definition) is 5. The van der Waals surface area contributed by atoms with Crippen molar-refractivity contribution < 1.29 is 14.3 Å². The van der Waals surface area contributed by atoms with E-state index >= 15 is 0 Å². The van der Waals surface area contributed by atoms with Crippen LogP contribution in [0.4, 0.5) is 5.69 Å². The molecule has 118 valence electrons. The minimum absolute atomic E-state index is 0.101. The summed E-state index contributed by atoms with van der Waals surface area (Å²) in [6.07, 6.45) is 4.17. The fourth-order valence-corrected chi connectivity index (χ4v) is 2.32. The third kappa shape index (κ3) is 3.28. The summed E-state index contributed by atoms with van der Waals surface area (Å²) < 4.78 is 4.93. The van der Waals surface area contributed by atoms with Crippen LogP contribution >= 0.6 is 0 Å².